The summed E-state index contributed by atoms with van der Waals surface area (Å²) in [5.74, 6) is -1.64. The average molecular weight is 501 g/mol. The highest BCUT2D eigenvalue weighted by Gasteiger charge is 2.34. The van der Waals surface area contributed by atoms with Gasteiger partial charge < -0.3 is 10.1 Å². The molecule has 182 valence electrons. The van der Waals surface area contributed by atoms with Crippen LogP contribution in [0.2, 0.25) is 0 Å². The van der Waals surface area contributed by atoms with E-state index in [2.05, 4.69) is 15.3 Å². The topological polar surface area (TPSA) is 86.1 Å². The zero-order chi connectivity index (χ0) is 25.0. The van der Waals surface area contributed by atoms with E-state index in [-0.39, 0.29) is 40.8 Å². The molecule has 12 heteroatoms. The molecule has 1 aromatic carbocycles. The molecule has 0 spiro atoms. The summed E-state index contributed by atoms with van der Waals surface area (Å²) < 4.78 is 60.1. The average Bonchev–Trinajstić information content (AvgIpc) is 2.75. The van der Waals surface area contributed by atoms with Gasteiger partial charge in [0.05, 0.1) is 23.8 Å². The highest BCUT2D eigenvalue weighted by molar-refractivity contribution is 6.17. The van der Waals surface area contributed by atoms with E-state index in [0.717, 1.165) is 10.6 Å². The first kappa shape index (κ1) is 25.4. The van der Waals surface area contributed by atoms with Crippen LogP contribution in [0.3, 0.4) is 0 Å². The minimum absolute atomic E-state index is 0.00243. The Morgan fingerprint density at radius 3 is 2.65 bits per heavy atom. The van der Waals surface area contributed by atoms with E-state index in [1.54, 1.807) is 13.8 Å². The summed E-state index contributed by atoms with van der Waals surface area (Å²) in [4.78, 5) is 34.0. The molecule has 7 nitrogen and oxygen atoms in total. The molecule has 3 rings (SSSR count). The molecule has 2 heterocycles. The van der Waals surface area contributed by atoms with Crippen LogP contribution in [0.15, 0.2) is 35.3 Å². The number of pyridine rings is 1. The van der Waals surface area contributed by atoms with Crippen LogP contribution in [0.5, 0.6) is 5.75 Å². The molecule has 0 aliphatic rings. The molecule has 0 radical (unpaired) electrons. The summed E-state index contributed by atoms with van der Waals surface area (Å²) >= 11 is 5.63. The zero-order valence-corrected chi connectivity index (χ0v) is 19.0. The number of ether oxygens (including phenoxy) is 1. The molecule has 0 bridgehead atoms. The first-order chi connectivity index (χ1) is 16.0. The number of halogens is 5. The fraction of sp³-hybridized carbons (Fsp3) is 0.364. The van der Waals surface area contributed by atoms with Gasteiger partial charge in [0.1, 0.15) is 23.9 Å². The fourth-order valence-electron chi connectivity index (χ4n) is 3.17. The minimum Gasteiger partial charge on any atom is -0.492 e. The molecule has 0 atom stereocenters. The van der Waals surface area contributed by atoms with Crippen molar-refractivity contribution >= 4 is 28.5 Å². The highest BCUT2D eigenvalue weighted by Crippen LogP contribution is 2.34. The van der Waals surface area contributed by atoms with E-state index < -0.39 is 35.6 Å². The van der Waals surface area contributed by atoms with E-state index in [1.165, 1.54) is 12.3 Å². The van der Waals surface area contributed by atoms with Gasteiger partial charge in [-0.05, 0) is 44.5 Å². The third kappa shape index (κ3) is 5.82. The summed E-state index contributed by atoms with van der Waals surface area (Å²) in [5.41, 5.74) is -2.50. The van der Waals surface area contributed by atoms with Gasteiger partial charge >= 0.3 is 6.18 Å². The number of carbonyl (C=O) groups excluding carboxylic acids is 1. The van der Waals surface area contributed by atoms with Crippen LogP contribution in [0.25, 0.3) is 22.4 Å². The Morgan fingerprint density at radius 2 is 2.00 bits per heavy atom. The van der Waals surface area contributed by atoms with Crippen molar-refractivity contribution in [2.75, 3.05) is 12.5 Å². The molecule has 1 amide bonds. The van der Waals surface area contributed by atoms with Crippen LogP contribution >= 0.6 is 11.6 Å². The third-order valence-corrected chi connectivity index (χ3v) is 4.88. The standard InChI is InChI=1S/C22H21ClF4N4O3/c1-12(2)29-18(32)11-31-20(13-4-5-17(24)16(8-13)22(25,26)27)30-19-15(21(31)33)9-14(10-28-19)34-7-3-6-23/h4-5,8-10,12H,3,6-7,11H2,1-2H3,(H,29,32). The molecule has 0 aliphatic heterocycles. The Kier molecular flexibility index (Phi) is 7.75. The van der Waals surface area contributed by atoms with E-state index in [4.69, 9.17) is 16.3 Å². The quantitative estimate of drug-likeness (QED) is 0.285. The van der Waals surface area contributed by atoms with E-state index in [9.17, 15) is 27.2 Å². The fourth-order valence-corrected chi connectivity index (χ4v) is 3.28. The summed E-state index contributed by atoms with van der Waals surface area (Å²) in [5, 5.41) is 2.62. The van der Waals surface area contributed by atoms with Crippen molar-refractivity contribution in [3.8, 4) is 17.1 Å². The third-order valence-electron chi connectivity index (χ3n) is 4.61. The van der Waals surface area contributed by atoms with Crippen LogP contribution in [-0.2, 0) is 17.5 Å². The lowest BCUT2D eigenvalue weighted by atomic mass is 10.1. The van der Waals surface area contributed by atoms with Gasteiger partial charge in [-0.25, -0.2) is 14.4 Å². The van der Waals surface area contributed by atoms with Gasteiger partial charge in [0.15, 0.2) is 5.65 Å². The van der Waals surface area contributed by atoms with Gasteiger partial charge in [0.2, 0.25) is 5.91 Å². The van der Waals surface area contributed by atoms with Crippen molar-refractivity contribution in [1.29, 1.82) is 0 Å². The molecule has 0 fully saturated rings. The Morgan fingerprint density at radius 1 is 1.26 bits per heavy atom. The number of fused-ring (bicyclic) bond motifs is 1. The van der Waals surface area contributed by atoms with Gasteiger partial charge in [0, 0.05) is 17.5 Å². The smallest absolute Gasteiger partial charge is 0.419 e. The number of hydrogen-bond donors (Lipinski definition) is 1. The Labute approximate surface area is 196 Å². The lowest BCUT2D eigenvalue weighted by Gasteiger charge is -2.16. The maximum atomic E-state index is 13.8. The molecule has 34 heavy (non-hydrogen) atoms. The van der Waals surface area contributed by atoms with E-state index >= 15 is 0 Å². The molecule has 0 aliphatic carbocycles. The van der Waals surface area contributed by atoms with Crippen molar-refractivity contribution in [2.45, 2.75) is 39.0 Å². The number of nitrogens with zero attached hydrogens (tertiary/aromatic N) is 3. The van der Waals surface area contributed by atoms with Crippen LogP contribution in [-0.4, -0.2) is 39.0 Å². The van der Waals surface area contributed by atoms with Crippen molar-refractivity contribution < 1.29 is 27.1 Å². The molecule has 0 unspecified atom stereocenters. The van der Waals surface area contributed by atoms with Crippen molar-refractivity contribution in [2.24, 2.45) is 0 Å². The predicted octanol–water partition coefficient (Wildman–Crippen LogP) is 4.15. The number of aromatic nitrogens is 3. The number of benzene rings is 1. The van der Waals surface area contributed by atoms with Crippen molar-refractivity contribution in [1.82, 2.24) is 19.9 Å². The minimum atomic E-state index is -4.97. The Bertz CT molecular complexity index is 1260. The lowest BCUT2D eigenvalue weighted by Crippen LogP contribution is -2.37. The number of hydrogen-bond acceptors (Lipinski definition) is 5. The predicted molar refractivity (Wildman–Crippen MR) is 118 cm³/mol. The van der Waals surface area contributed by atoms with Crippen molar-refractivity contribution in [3.63, 3.8) is 0 Å². The van der Waals surface area contributed by atoms with Crippen molar-refractivity contribution in [3.05, 3.63) is 52.2 Å². The Balaban J connectivity index is 2.19. The number of alkyl halides is 4. The number of amides is 1. The summed E-state index contributed by atoms with van der Waals surface area (Å²) in [6.07, 6.45) is -3.10. The second-order valence-corrected chi connectivity index (χ2v) is 8.05. The normalized spacial score (nSPS) is 11.8. The van der Waals surface area contributed by atoms with Gasteiger partial charge in [-0.1, -0.05) is 0 Å². The molecule has 0 saturated carbocycles. The second-order valence-electron chi connectivity index (χ2n) is 7.67. The van der Waals surface area contributed by atoms with Crippen LogP contribution in [0.4, 0.5) is 17.6 Å². The number of nitrogens with one attached hydrogen (secondary N) is 1. The highest BCUT2D eigenvalue weighted by atomic mass is 35.5. The molecule has 1 N–H and O–H groups in total. The number of rotatable bonds is 8. The molecular formula is C22H21ClF4N4O3. The van der Waals surface area contributed by atoms with Gasteiger partial charge in [0.25, 0.3) is 5.56 Å². The zero-order valence-electron chi connectivity index (χ0n) is 18.2. The summed E-state index contributed by atoms with van der Waals surface area (Å²) in [7, 11) is 0. The maximum absolute atomic E-state index is 13.8. The molecule has 0 saturated heterocycles. The molecule has 2 aromatic heterocycles. The lowest BCUT2D eigenvalue weighted by molar-refractivity contribution is -0.140. The monoisotopic (exact) mass is 500 g/mol. The van der Waals surface area contributed by atoms with Crippen LogP contribution in [0, 0.1) is 5.82 Å². The van der Waals surface area contributed by atoms with Crippen LogP contribution < -0.4 is 15.6 Å². The van der Waals surface area contributed by atoms with E-state index in [1.807, 2.05) is 0 Å². The SMILES string of the molecule is CC(C)NC(=O)Cn1c(-c2ccc(F)c(C(F)(F)F)c2)nc2ncc(OCCCCl)cc2c1=O. The Hall–Kier alpha value is -3.21. The second kappa shape index (κ2) is 10.4. The number of carbonyl (C=O) groups is 1. The van der Waals surface area contributed by atoms with Gasteiger partial charge in [-0.15, -0.1) is 11.6 Å². The first-order valence-electron chi connectivity index (χ1n) is 10.3. The van der Waals surface area contributed by atoms with Gasteiger partial charge in [-0.2, -0.15) is 13.2 Å². The first-order valence-corrected chi connectivity index (χ1v) is 10.8. The summed E-state index contributed by atoms with van der Waals surface area (Å²) in [6.45, 7) is 3.18. The maximum Gasteiger partial charge on any atom is 0.419 e. The van der Waals surface area contributed by atoms with Gasteiger partial charge in [-0.3, -0.25) is 14.2 Å². The van der Waals surface area contributed by atoms with Crippen LogP contribution in [0.1, 0.15) is 25.8 Å². The summed E-state index contributed by atoms with van der Waals surface area (Å²) in [6, 6.07) is 3.38. The molecular weight excluding hydrogens is 480 g/mol. The van der Waals surface area contributed by atoms with E-state index in [0.29, 0.717) is 24.4 Å². The largest absolute Gasteiger partial charge is 0.492 e. The molecule has 3 aromatic rings.